The molecule has 1 aromatic heterocycles. The number of aliphatic hydroxyl groups excluding tert-OH is 5. The lowest BCUT2D eigenvalue weighted by molar-refractivity contribution is -0.305. The molecule has 3 aliphatic heterocycles. The maximum absolute atomic E-state index is 13.5. The first-order valence-corrected chi connectivity index (χ1v) is 18.4. The minimum atomic E-state index is -1.62. The summed E-state index contributed by atoms with van der Waals surface area (Å²) in [5.74, 6) is -0.558. The number of ether oxygens (including phenoxy) is 8. The summed E-state index contributed by atoms with van der Waals surface area (Å²) < 4.78 is 45.9. The molecule has 2 amide bonds. The molecule has 314 valence electrons. The molecule has 2 aromatic rings. The van der Waals surface area contributed by atoms with E-state index < -0.39 is 79.5 Å². The van der Waals surface area contributed by atoms with Crippen molar-refractivity contribution in [1.29, 1.82) is 0 Å². The fourth-order valence-corrected chi connectivity index (χ4v) is 6.73. The topological polar surface area (TPSA) is 258 Å². The van der Waals surface area contributed by atoms with E-state index in [1.54, 1.807) is 28.9 Å². The molecule has 3 fully saturated rings. The number of carbonyl (C=O) groups is 2. The molecule has 1 aromatic carbocycles. The largest absolute Gasteiger partial charge is 0.390 e. The maximum Gasteiger partial charge on any atom is 0.254 e. The molecule has 0 saturated carbocycles. The average Bonchev–Trinajstić information content (AvgIpc) is 3.89. The lowest BCUT2D eigenvalue weighted by atomic mass is 9.97. The van der Waals surface area contributed by atoms with Crippen molar-refractivity contribution in [3.05, 3.63) is 35.5 Å². The van der Waals surface area contributed by atoms with E-state index in [0.29, 0.717) is 49.1 Å². The van der Waals surface area contributed by atoms with Gasteiger partial charge in [-0.3, -0.25) is 9.59 Å². The number of nitrogens with zero attached hydrogens (tertiary/aromatic N) is 5. The van der Waals surface area contributed by atoms with E-state index in [-0.39, 0.29) is 32.9 Å². The van der Waals surface area contributed by atoms with Crippen molar-refractivity contribution in [2.75, 3.05) is 72.2 Å². The van der Waals surface area contributed by atoms with Crippen LogP contribution < -0.4 is 10.2 Å². The summed E-state index contributed by atoms with van der Waals surface area (Å²) in [4.78, 5) is 30.1. The van der Waals surface area contributed by atoms with Gasteiger partial charge in [0.2, 0.25) is 0 Å². The van der Waals surface area contributed by atoms with Crippen molar-refractivity contribution in [1.82, 2.24) is 25.2 Å². The number of likely N-dealkylation sites (N-methyl/N-ethyl adjacent to an activating group) is 1. The highest BCUT2D eigenvalue weighted by molar-refractivity contribution is 5.82. The maximum atomic E-state index is 13.5. The van der Waals surface area contributed by atoms with Gasteiger partial charge in [-0.15, -0.1) is 5.10 Å². The third-order valence-electron chi connectivity index (χ3n) is 9.83. The van der Waals surface area contributed by atoms with Gasteiger partial charge in [0, 0.05) is 40.9 Å². The molecule has 21 heteroatoms. The summed E-state index contributed by atoms with van der Waals surface area (Å²) in [7, 11) is 4.02. The number of nitrogens with one attached hydrogen (secondary N) is 1. The molecular formula is C35H54N6O15. The Hall–Kier alpha value is -3.42. The summed E-state index contributed by atoms with van der Waals surface area (Å²) in [5, 5.41) is 64.0. The van der Waals surface area contributed by atoms with Crippen molar-refractivity contribution >= 4 is 17.6 Å². The summed E-state index contributed by atoms with van der Waals surface area (Å²) >= 11 is 0. The molecule has 0 bridgehead atoms. The van der Waals surface area contributed by atoms with Crippen LogP contribution in [-0.4, -0.2) is 192 Å². The summed E-state index contributed by atoms with van der Waals surface area (Å²) in [6.07, 6.45) is -15.2. The van der Waals surface area contributed by atoms with E-state index in [2.05, 4.69) is 15.6 Å². The second-order valence-electron chi connectivity index (χ2n) is 13.3. The zero-order valence-corrected chi connectivity index (χ0v) is 32.1. The fraction of sp³-hybridized carbons (Fsp3) is 0.714. The molecule has 10 atom stereocenters. The van der Waals surface area contributed by atoms with E-state index in [4.69, 9.17) is 37.9 Å². The van der Waals surface area contributed by atoms with Crippen LogP contribution in [0.4, 0.5) is 5.82 Å². The molecule has 0 radical (unpaired) electrons. The molecule has 2 unspecified atom stereocenters. The normalized spacial score (nSPS) is 29.7. The number of hydrogen-bond acceptors (Lipinski definition) is 18. The van der Waals surface area contributed by atoms with Crippen LogP contribution in [0, 0.1) is 0 Å². The van der Waals surface area contributed by atoms with Gasteiger partial charge in [-0.2, -0.15) is 4.68 Å². The highest BCUT2D eigenvalue weighted by Crippen LogP contribution is 2.28. The summed E-state index contributed by atoms with van der Waals surface area (Å²) in [5.41, 5.74) is 1.86. The van der Waals surface area contributed by atoms with Crippen molar-refractivity contribution in [3.63, 3.8) is 0 Å². The first-order valence-electron chi connectivity index (χ1n) is 18.4. The molecule has 3 saturated heterocycles. The summed E-state index contributed by atoms with van der Waals surface area (Å²) in [6, 6.07) is 7.17. The van der Waals surface area contributed by atoms with Crippen LogP contribution >= 0.6 is 0 Å². The monoisotopic (exact) mass is 798 g/mol. The number of rotatable bonds is 18. The van der Waals surface area contributed by atoms with Crippen LogP contribution in [0.15, 0.2) is 24.3 Å². The Kier molecular flexibility index (Phi) is 15.9. The zero-order chi connectivity index (χ0) is 40.5. The van der Waals surface area contributed by atoms with Gasteiger partial charge >= 0.3 is 0 Å². The molecule has 0 aliphatic carbocycles. The number of aromatic nitrogens is 3. The second kappa shape index (κ2) is 20.3. The van der Waals surface area contributed by atoms with Crippen LogP contribution in [0.1, 0.15) is 25.1 Å². The van der Waals surface area contributed by atoms with Gasteiger partial charge in [0.25, 0.3) is 11.8 Å². The van der Waals surface area contributed by atoms with Gasteiger partial charge in [-0.1, -0.05) is 17.3 Å². The van der Waals surface area contributed by atoms with Gasteiger partial charge in [0.15, 0.2) is 36.9 Å². The van der Waals surface area contributed by atoms with Crippen LogP contribution in [0.25, 0.3) is 5.69 Å². The number of hydrogen-bond donors (Lipinski definition) is 6. The predicted octanol–water partition coefficient (Wildman–Crippen LogP) is -2.99. The molecule has 0 spiro atoms. The SMILES string of the molecule is CCN(CC)c1c(CO)nnn1-c1ccc(CNC(=O)C2O[C@@H](OC)[C@@H](O)[C@@H](O)[C@@H]2OCCO[C@@H]2OC(C(=O)N(C)CC3OCCO3)[C@@H](OC)[C@H](O)[C@@H]2O)cc1. The number of aliphatic hydroxyl groups is 5. The van der Waals surface area contributed by atoms with Crippen molar-refractivity contribution in [3.8, 4) is 5.69 Å². The third kappa shape index (κ3) is 9.81. The van der Waals surface area contributed by atoms with Crippen molar-refractivity contribution in [2.24, 2.45) is 0 Å². The first-order chi connectivity index (χ1) is 27.0. The van der Waals surface area contributed by atoms with E-state index >= 15 is 0 Å². The highest BCUT2D eigenvalue weighted by Gasteiger charge is 2.50. The van der Waals surface area contributed by atoms with E-state index in [1.807, 2.05) is 18.7 Å². The average molecular weight is 799 g/mol. The van der Waals surface area contributed by atoms with Gasteiger partial charge < -0.3 is 78.5 Å². The van der Waals surface area contributed by atoms with Crippen LogP contribution in [0.2, 0.25) is 0 Å². The molecule has 56 heavy (non-hydrogen) atoms. The Morgan fingerprint density at radius 2 is 1.50 bits per heavy atom. The summed E-state index contributed by atoms with van der Waals surface area (Å²) in [6.45, 7) is 5.42. The van der Waals surface area contributed by atoms with Crippen LogP contribution in [0.3, 0.4) is 0 Å². The third-order valence-corrected chi connectivity index (χ3v) is 9.83. The smallest absolute Gasteiger partial charge is 0.254 e. The lowest BCUT2D eigenvalue weighted by Crippen LogP contribution is -2.63. The quantitative estimate of drug-likeness (QED) is 0.0822. The minimum absolute atomic E-state index is 0.0603. The Morgan fingerprint density at radius 3 is 2.12 bits per heavy atom. The van der Waals surface area contributed by atoms with Gasteiger partial charge in [-0.25, -0.2) is 0 Å². The van der Waals surface area contributed by atoms with Gasteiger partial charge in [0.05, 0.1) is 45.3 Å². The molecule has 4 heterocycles. The fourth-order valence-electron chi connectivity index (χ4n) is 6.73. The zero-order valence-electron chi connectivity index (χ0n) is 32.1. The Bertz CT molecular complexity index is 1540. The Morgan fingerprint density at radius 1 is 0.875 bits per heavy atom. The molecular weight excluding hydrogens is 744 g/mol. The van der Waals surface area contributed by atoms with Crippen LogP contribution in [0.5, 0.6) is 0 Å². The molecule has 6 N–H and O–H groups in total. The number of methoxy groups -OCH3 is 2. The van der Waals surface area contributed by atoms with Gasteiger partial charge in [-0.05, 0) is 31.5 Å². The van der Waals surface area contributed by atoms with Crippen molar-refractivity contribution < 1.29 is 73.0 Å². The molecule has 21 nitrogen and oxygen atoms in total. The number of carbonyl (C=O) groups excluding carboxylic acids is 2. The highest BCUT2D eigenvalue weighted by atomic mass is 16.7. The number of anilines is 1. The minimum Gasteiger partial charge on any atom is -0.390 e. The number of benzene rings is 1. The first kappa shape index (κ1) is 43.7. The van der Waals surface area contributed by atoms with E-state index in [9.17, 15) is 35.1 Å². The van der Waals surface area contributed by atoms with Gasteiger partial charge in [0.1, 0.15) is 42.3 Å². The second-order valence-corrected chi connectivity index (χ2v) is 13.3. The predicted molar refractivity (Wildman–Crippen MR) is 191 cm³/mol. The van der Waals surface area contributed by atoms with Crippen molar-refractivity contribution in [2.45, 2.75) is 94.7 Å². The van der Waals surface area contributed by atoms with E-state index in [1.165, 1.54) is 26.2 Å². The van der Waals surface area contributed by atoms with E-state index in [0.717, 1.165) is 0 Å². The Balaban J connectivity index is 1.19. The Labute approximate surface area is 323 Å². The molecule has 3 aliphatic rings. The number of amides is 2. The molecule has 5 rings (SSSR count). The standard InChI is InChI=1S/C35H54N6O15/c1-6-40(7-2)32-21(18-42)37-38-41(32)20-10-8-19(9-11-20)16-36-31(47)29-28(24(44)25(45)34(50-5)55-29)53-14-15-54-35-26(46)23(43)27(49-4)30(56-35)33(48)39(3)17-22-51-12-13-52-22/h8-11,22-30,34-35,42-46H,6-7,12-18H2,1-5H3,(H,36,47)/t23-,24-,25+,26+,27+,28+,29?,30?,34-,35-/m1/s1. The lowest BCUT2D eigenvalue weighted by Gasteiger charge is -2.42. The van der Waals surface area contributed by atoms with Crippen LogP contribution in [-0.2, 0) is 60.6 Å².